The maximum absolute atomic E-state index is 14.1. The first kappa shape index (κ1) is 14.4. The number of ether oxygens (including phenoxy) is 1. The molecule has 0 aliphatic carbocycles. The molecule has 0 aliphatic rings. The number of rotatable bonds is 3. The van der Waals surface area contributed by atoms with E-state index in [1.165, 1.54) is 6.07 Å². The smallest absolute Gasteiger partial charge is 0.146 e. The topological polar surface area (TPSA) is 9.23 Å². The second kappa shape index (κ2) is 5.93. The van der Waals surface area contributed by atoms with Crippen molar-refractivity contribution < 1.29 is 9.13 Å². The lowest BCUT2D eigenvalue weighted by molar-refractivity contribution is 0.410. The summed E-state index contributed by atoms with van der Waals surface area (Å²) in [6.45, 7) is 1.98. The zero-order valence-electron chi connectivity index (χ0n) is 10.6. The number of halogens is 3. The molecule has 2 rings (SSSR count). The summed E-state index contributed by atoms with van der Waals surface area (Å²) in [4.78, 5) is -0.305. The standard InChI is InChI=1S/C15H13BrClFO/c1-9-6-7-13(19-2)11(8-9)14(16)10-4-3-5-12(17)15(10)18/h3-8,14H,1-2H3. The van der Waals surface area contributed by atoms with Gasteiger partial charge in [-0.3, -0.25) is 0 Å². The zero-order valence-corrected chi connectivity index (χ0v) is 12.9. The molecule has 0 saturated heterocycles. The van der Waals surface area contributed by atoms with E-state index in [1.54, 1.807) is 19.2 Å². The highest BCUT2D eigenvalue weighted by Crippen LogP contribution is 2.39. The Bertz CT molecular complexity index is 601. The van der Waals surface area contributed by atoms with Crippen molar-refractivity contribution in [2.24, 2.45) is 0 Å². The van der Waals surface area contributed by atoms with Gasteiger partial charge in [0.2, 0.25) is 0 Å². The molecule has 0 aliphatic heterocycles. The van der Waals surface area contributed by atoms with Crippen LogP contribution in [0, 0.1) is 12.7 Å². The predicted octanol–water partition coefficient (Wildman–Crippen LogP) is 5.28. The third-order valence-corrected chi connectivity index (χ3v) is 4.19. The lowest BCUT2D eigenvalue weighted by Crippen LogP contribution is -2.00. The molecular weight excluding hydrogens is 331 g/mol. The molecule has 2 aromatic rings. The van der Waals surface area contributed by atoms with Crippen LogP contribution in [0.4, 0.5) is 4.39 Å². The van der Waals surface area contributed by atoms with Gasteiger partial charge in [-0.25, -0.2) is 4.39 Å². The Hall–Kier alpha value is -1.06. The Morgan fingerprint density at radius 2 is 1.95 bits per heavy atom. The van der Waals surface area contributed by atoms with Gasteiger partial charge in [0.15, 0.2) is 0 Å². The number of alkyl halides is 1. The Morgan fingerprint density at radius 1 is 1.21 bits per heavy atom. The van der Waals surface area contributed by atoms with E-state index < -0.39 is 5.82 Å². The van der Waals surface area contributed by atoms with Gasteiger partial charge in [-0.05, 0) is 19.1 Å². The molecular formula is C15H13BrClFO. The van der Waals surface area contributed by atoms with Crippen molar-refractivity contribution in [2.45, 2.75) is 11.8 Å². The van der Waals surface area contributed by atoms with Crippen LogP contribution in [0.15, 0.2) is 36.4 Å². The van der Waals surface area contributed by atoms with E-state index in [1.807, 2.05) is 25.1 Å². The van der Waals surface area contributed by atoms with Gasteiger partial charge in [0.1, 0.15) is 11.6 Å². The van der Waals surface area contributed by atoms with Gasteiger partial charge < -0.3 is 4.74 Å². The normalized spacial score (nSPS) is 12.3. The molecule has 19 heavy (non-hydrogen) atoms. The minimum atomic E-state index is -0.408. The Morgan fingerprint density at radius 3 is 2.63 bits per heavy atom. The van der Waals surface area contributed by atoms with Gasteiger partial charge in [-0.2, -0.15) is 0 Å². The van der Waals surface area contributed by atoms with Crippen LogP contribution in [0.5, 0.6) is 5.75 Å². The van der Waals surface area contributed by atoms with E-state index in [0.29, 0.717) is 11.3 Å². The van der Waals surface area contributed by atoms with E-state index in [9.17, 15) is 4.39 Å². The summed E-state index contributed by atoms with van der Waals surface area (Å²) < 4.78 is 19.4. The first-order valence-corrected chi connectivity index (χ1v) is 7.06. The maximum Gasteiger partial charge on any atom is 0.146 e. The van der Waals surface area contributed by atoms with Gasteiger partial charge >= 0.3 is 0 Å². The second-order valence-electron chi connectivity index (χ2n) is 4.25. The lowest BCUT2D eigenvalue weighted by atomic mass is 10.0. The summed E-state index contributed by atoms with van der Waals surface area (Å²) in [7, 11) is 1.60. The summed E-state index contributed by atoms with van der Waals surface area (Å²) in [5.41, 5.74) is 2.46. The molecule has 0 bridgehead atoms. The number of methoxy groups -OCH3 is 1. The van der Waals surface area contributed by atoms with Gasteiger partial charge in [0.05, 0.1) is 17.0 Å². The predicted molar refractivity (Wildman–Crippen MR) is 79.9 cm³/mol. The molecule has 4 heteroatoms. The van der Waals surface area contributed by atoms with Crippen LogP contribution in [0.2, 0.25) is 5.02 Å². The molecule has 0 aromatic heterocycles. The number of hydrogen-bond donors (Lipinski definition) is 0. The van der Waals surface area contributed by atoms with Crippen LogP contribution in [0.1, 0.15) is 21.5 Å². The maximum atomic E-state index is 14.1. The van der Waals surface area contributed by atoms with E-state index >= 15 is 0 Å². The molecule has 0 fully saturated rings. The molecule has 0 N–H and O–H groups in total. The fourth-order valence-corrected chi connectivity index (χ4v) is 2.83. The highest BCUT2D eigenvalue weighted by molar-refractivity contribution is 9.09. The third kappa shape index (κ3) is 2.93. The van der Waals surface area contributed by atoms with Crippen molar-refractivity contribution in [3.63, 3.8) is 0 Å². The molecule has 100 valence electrons. The minimum absolute atomic E-state index is 0.119. The van der Waals surface area contributed by atoms with E-state index in [2.05, 4.69) is 15.9 Å². The van der Waals surface area contributed by atoms with Crippen LogP contribution in [0.3, 0.4) is 0 Å². The molecule has 0 saturated carbocycles. The lowest BCUT2D eigenvalue weighted by Gasteiger charge is -2.16. The molecule has 2 aromatic carbocycles. The average molecular weight is 344 g/mol. The number of hydrogen-bond acceptors (Lipinski definition) is 1. The molecule has 1 nitrogen and oxygen atoms in total. The fourth-order valence-electron chi connectivity index (χ4n) is 1.94. The van der Waals surface area contributed by atoms with Gasteiger partial charge in [-0.15, -0.1) is 0 Å². The molecule has 0 amide bonds. The van der Waals surface area contributed by atoms with Crippen LogP contribution < -0.4 is 4.74 Å². The quantitative estimate of drug-likeness (QED) is 0.689. The second-order valence-corrected chi connectivity index (χ2v) is 5.57. The van der Waals surface area contributed by atoms with Crippen LogP contribution in [-0.4, -0.2) is 7.11 Å². The number of aryl methyl sites for hydroxylation is 1. The minimum Gasteiger partial charge on any atom is -0.496 e. The first-order chi connectivity index (χ1) is 9.04. The highest BCUT2D eigenvalue weighted by atomic mass is 79.9. The number of benzene rings is 2. The SMILES string of the molecule is COc1ccc(C)cc1C(Br)c1cccc(Cl)c1F. The summed E-state index contributed by atoms with van der Waals surface area (Å²) in [6.07, 6.45) is 0. The molecule has 1 atom stereocenters. The van der Waals surface area contributed by atoms with Crippen molar-refractivity contribution in [2.75, 3.05) is 7.11 Å². The fraction of sp³-hybridized carbons (Fsp3) is 0.200. The summed E-state index contributed by atoms with van der Waals surface area (Å²) in [5.74, 6) is 0.307. The van der Waals surface area contributed by atoms with Crippen molar-refractivity contribution in [3.05, 3.63) is 63.9 Å². The summed E-state index contributed by atoms with van der Waals surface area (Å²) in [5, 5.41) is 0.119. The zero-order chi connectivity index (χ0) is 14.0. The van der Waals surface area contributed by atoms with Crippen LogP contribution in [-0.2, 0) is 0 Å². The van der Waals surface area contributed by atoms with Crippen LogP contribution in [0.25, 0.3) is 0 Å². The largest absolute Gasteiger partial charge is 0.496 e. The monoisotopic (exact) mass is 342 g/mol. The van der Waals surface area contributed by atoms with E-state index in [-0.39, 0.29) is 9.85 Å². The molecule has 0 heterocycles. The van der Waals surface area contributed by atoms with Gasteiger partial charge in [0.25, 0.3) is 0 Å². The molecule has 0 radical (unpaired) electrons. The van der Waals surface area contributed by atoms with Crippen LogP contribution >= 0.6 is 27.5 Å². The molecule has 1 unspecified atom stereocenters. The Labute approximate surface area is 125 Å². The van der Waals surface area contributed by atoms with E-state index in [4.69, 9.17) is 16.3 Å². The average Bonchev–Trinajstić information content (AvgIpc) is 2.41. The first-order valence-electron chi connectivity index (χ1n) is 5.77. The molecule has 0 spiro atoms. The van der Waals surface area contributed by atoms with Gasteiger partial charge in [-0.1, -0.05) is 57.4 Å². The Kier molecular flexibility index (Phi) is 4.48. The summed E-state index contributed by atoms with van der Waals surface area (Å²) >= 11 is 9.35. The van der Waals surface area contributed by atoms with E-state index in [0.717, 1.165) is 11.1 Å². The third-order valence-electron chi connectivity index (χ3n) is 2.91. The summed E-state index contributed by atoms with van der Waals surface area (Å²) in [6, 6.07) is 10.8. The van der Waals surface area contributed by atoms with Crippen molar-refractivity contribution in [1.29, 1.82) is 0 Å². The van der Waals surface area contributed by atoms with Gasteiger partial charge in [0, 0.05) is 11.1 Å². The highest BCUT2D eigenvalue weighted by Gasteiger charge is 2.20. The van der Waals surface area contributed by atoms with Crippen molar-refractivity contribution >= 4 is 27.5 Å². The van der Waals surface area contributed by atoms with Crippen molar-refractivity contribution in [1.82, 2.24) is 0 Å². The van der Waals surface area contributed by atoms with Crippen molar-refractivity contribution in [3.8, 4) is 5.75 Å². The Balaban J connectivity index is 2.52.